The fourth-order valence-electron chi connectivity index (χ4n) is 2.38. The highest BCUT2D eigenvalue weighted by Gasteiger charge is 2.19. The molecule has 3 heteroatoms. The lowest BCUT2D eigenvalue weighted by molar-refractivity contribution is 0.213. The van der Waals surface area contributed by atoms with E-state index >= 15 is 0 Å². The summed E-state index contributed by atoms with van der Waals surface area (Å²) in [5.74, 6) is -0.808. The van der Waals surface area contributed by atoms with Crippen molar-refractivity contribution in [3.8, 4) is 0 Å². The van der Waals surface area contributed by atoms with Crippen molar-refractivity contribution < 1.29 is 13.9 Å². The van der Waals surface area contributed by atoms with Crippen LogP contribution in [0.3, 0.4) is 0 Å². The minimum absolute atomic E-state index is 0.220. The molecular weight excluding hydrogens is 246 g/mol. The van der Waals surface area contributed by atoms with Crippen molar-refractivity contribution in [1.29, 1.82) is 0 Å². The topological polar surface area (TPSA) is 20.2 Å². The Hall–Kier alpha value is -1.74. The molecule has 0 saturated heterocycles. The number of aliphatic hydroxyl groups is 1. The fourth-order valence-corrected chi connectivity index (χ4v) is 2.38. The van der Waals surface area contributed by atoms with E-state index in [-0.39, 0.29) is 11.4 Å². The van der Waals surface area contributed by atoms with Gasteiger partial charge in [0.1, 0.15) is 17.7 Å². The summed E-state index contributed by atoms with van der Waals surface area (Å²) in [6.07, 6.45) is -1.08. The van der Waals surface area contributed by atoms with Gasteiger partial charge >= 0.3 is 0 Å². The van der Waals surface area contributed by atoms with Gasteiger partial charge in [-0.15, -0.1) is 0 Å². The van der Waals surface area contributed by atoms with Crippen LogP contribution in [0, 0.1) is 32.4 Å². The van der Waals surface area contributed by atoms with Crippen molar-refractivity contribution in [2.24, 2.45) is 0 Å². The van der Waals surface area contributed by atoms with Crippen LogP contribution in [0.2, 0.25) is 0 Å². The number of halogens is 2. The third-order valence-corrected chi connectivity index (χ3v) is 3.28. The van der Waals surface area contributed by atoms with E-state index in [1.54, 1.807) is 26.0 Å². The van der Waals surface area contributed by atoms with Crippen molar-refractivity contribution in [2.75, 3.05) is 0 Å². The molecule has 0 radical (unpaired) electrons. The first-order chi connectivity index (χ1) is 8.90. The normalized spacial score (nSPS) is 12.5. The van der Waals surface area contributed by atoms with Gasteiger partial charge in [-0.3, -0.25) is 0 Å². The molecule has 0 saturated carbocycles. The Labute approximate surface area is 111 Å². The van der Waals surface area contributed by atoms with Crippen molar-refractivity contribution in [3.05, 3.63) is 69.8 Å². The van der Waals surface area contributed by atoms with E-state index in [9.17, 15) is 13.9 Å². The average molecular weight is 262 g/mol. The highest BCUT2D eigenvalue weighted by molar-refractivity contribution is 5.42. The van der Waals surface area contributed by atoms with Gasteiger partial charge in [0.05, 0.1) is 0 Å². The van der Waals surface area contributed by atoms with Gasteiger partial charge in [0.25, 0.3) is 0 Å². The molecule has 0 aliphatic heterocycles. The molecule has 0 aliphatic rings. The number of aliphatic hydroxyl groups excluding tert-OH is 1. The third-order valence-electron chi connectivity index (χ3n) is 3.28. The Morgan fingerprint density at radius 1 is 0.947 bits per heavy atom. The first kappa shape index (κ1) is 13.7. The van der Waals surface area contributed by atoms with E-state index in [1.165, 1.54) is 18.2 Å². The van der Waals surface area contributed by atoms with Crippen LogP contribution in [0.5, 0.6) is 0 Å². The van der Waals surface area contributed by atoms with E-state index in [1.807, 2.05) is 6.92 Å². The van der Waals surface area contributed by atoms with Crippen molar-refractivity contribution in [2.45, 2.75) is 26.9 Å². The van der Waals surface area contributed by atoms with Gasteiger partial charge in [-0.2, -0.15) is 0 Å². The first-order valence-corrected chi connectivity index (χ1v) is 6.11. The van der Waals surface area contributed by atoms with Crippen LogP contribution < -0.4 is 0 Å². The van der Waals surface area contributed by atoms with Crippen LogP contribution in [0.1, 0.15) is 33.9 Å². The SMILES string of the molecule is Cc1ccc(F)c(C(O)c2c(C)cc(F)cc2C)c1. The van der Waals surface area contributed by atoms with Crippen LogP contribution in [0.25, 0.3) is 0 Å². The maximum absolute atomic E-state index is 13.8. The molecular formula is C16H16F2O. The largest absolute Gasteiger partial charge is 0.384 e. The van der Waals surface area contributed by atoms with Crippen molar-refractivity contribution in [3.63, 3.8) is 0 Å². The quantitative estimate of drug-likeness (QED) is 0.868. The highest BCUT2D eigenvalue weighted by Crippen LogP contribution is 2.30. The summed E-state index contributed by atoms with van der Waals surface area (Å²) in [5, 5.41) is 10.4. The van der Waals surface area contributed by atoms with Gasteiger partial charge < -0.3 is 5.11 Å². The molecule has 1 nitrogen and oxygen atoms in total. The Morgan fingerprint density at radius 3 is 2.11 bits per heavy atom. The zero-order chi connectivity index (χ0) is 14.2. The predicted octanol–water partition coefficient (Wildman–Crippen LogP) is 3.97. The van der Waals surface area contributed by atoms with Crippen LogP contribution in [0.15, 0.2) is 30.3 Å². The summed E-state index contributed by atoms with van der Waals surface area (Å²) in [4.78, 5) is 0. The Kier molecular flexibility index (Phi) is 3.67. The van der Waals surface area contributed by atoms with Gasteiger partial charge in [-0.1, -0.05) is 17.7 Å². The second kappa shape index (κ2) is 5.10. The third kappa shape index (κ3) is 2.66. The van der Waals surface area contributed by atoms with Gasteiger partial charge in [0, 0.05) is 5.56 Å². The maximum atomic E-state index is 13.8. The summed E-state index contributed by atoms with van der Waals surface area (Å²) in [5.41, 5.74) is 2.88. The molecule has 1 atom stereocenters. The molecule has 0 fully saturated rings. The molecule has 2 rings (SSSR count). The molecule has 0 heterocycles. The Morgan fingerprint density at radius 2 is 1.53 bits per heavy atom. The van der Waals surface area contributed by atoms with Crippen molar-refractivity contribution >= 4 is 0 Å². The maximum Gasteiger partial charge on any atom is 0.129 e. The lowest BCUT2D eigenvalue weighted by atomic mass is 9.92. The molecule has 0 bridgehead atoms. The van der Waals surface area contributed by atoms with Crippen LogP contribution in [-0.2, 0) is 0 Å². The Bertz CT molecular complexity index is 597. The molecule has 2 aromatic rings. The number of benzene rings is 2. The van der Waals surface area contributed by atoms with Gasteiger partial charge in [-0.25, -0.2) is 8.78 Å². The van der Waals surface area contributed by atoms with Gasteiger partial charge in [0.2, 0.25) is 0 Å². The van der Waals surface area contributed by atoms with E-state index in [0.29, 0.717) is 16.7 Å². The number of aryl methyl sites for hydroxylation is 3. The molecule has 19 heavy (non-hydrogen) atoms. The molecule has 0 aliphatic carbocycles. The molecule has 2 aromatic carbocycles. The molecule has 0 aromatic heterocycles. The van der Waals surface area contributed by atoms with E-state index < -0.39 is 11.9 Å². The van der Waals surface area contributed by atoms with E-state index in [2.05, 4.69) is 0 Å². The second-order valence-corrected chi connectivity index (χ2v) is 4.88. The van der Waals surface area contributed by atoms with E-state index in [0.717, 1.165) is 5.56 Å². The van der Waals surface area contributed by atoms with Gasteiger partial charge in [0.15, 0.2) is 0 Å². The molecule has 100 valence electrons. The number of hydrogen-bond acceptors (Lipinski definition) is 1. The second-order valence-electron chi connectivity index (χ2n) is 4.88. The minimum atomic E-state index is -1.08. The smallest absolute Gasteiger partial charge is 0.129 e. The van der Waals surface area contributed by atoms with Crippen LogP contribution >= 0.6 is 0 Å². The van der Waals surface area contributed by atoms with Gasteiger partial charge in [-0.05, 0) is 55.7 Å². The monoisotopic (exact) mass is 262 g/mol. The molecule has 0 amide bonds. The molecule has 0 spiro atoms. The summed E-state index contributed by atoms with van der Waals surface area (Å²) >= 11 is 0. The lowest BCUT2D eigenvalue weighted by Crippen LogP contribution is -2.07. The minimum Gasteiger partial charge on any atom is -0.384 e. The highest BCUT2D eigenvalue weighted by atomic mass is 19.1. The lowest BCUT2D eigenvalue weighted by Gasteiger charge is -2.18. The summed E-state index contributed by atoms with van der Waals surface area (Å²) < 4.78 is 27.1. The summed E-state index contributed by atoms with van der Waals surface area (Å²) in [6.45, 7) is 5.25. The number of rotatable bonds is 2. The first-order valence-electron chi connectivity index (χ1n) is 6.11. The average Bonchev–Trinajstić information content (AvgIpc) is 2.30. The Balaban J connectivity index is 2.56. The number of hydrogen-bond donors (Lipinski definition) is 1. The zero-order valence-electron chi connectivity index (χ0n) is 11.2. The van der Waals surface area contributed by atoms with Crippen LogP contribution in [0.4, 0.5) is 8.78 Å². The van der Waals surface area contributed by atoms with E-state index in [4.69, 9.17) is 0 Å². The predicted molar refractivity (Wildman–Crippen MR) is 71.1 cm³/mol. The fraction of sp³-hybridized carbons (Fsp3) is 0.250. The molecule has 1 N–H and O–H groups in total. The standard InChI is InChI=1S/C16H16F2O/c1-9-4-5-14(18)13(6-9)16(19)15-10(2)7-12(17)8-11(15)3/h4-8,16,19H,1-3H3. The van der Waals surface area contributed by atoms with Crippen molar-refractivity contribution in [1.82, 2.24) is 0 Å². The molecule has 1 unspecified atom stereocenters. The summed E-state index contributed by atoms with van der Waals surface area (Å²) in [7, 11) is 0. The van der Waals surface area contributed by atoms with Crippen LogP contribution in [-0.4, -0.2) is 5.11 Å². The summed E-state index contributed by atoms with van der Waals surface area (Å²) in [6, 6.07) is 7.29. The zero-order valence-corrected chi connectivity index (χ0v) is 11.2.